The highest BCUT2D eigenvalue weighted by Gasteiger charge is 2.15. The van der Waals surface area contributed by atoms with Crippen LogP contribution in [0.15, 0.2) is 18.2 Å². The maximum absolute atomic E-state index is 10.8. The summed E-state index contributed by atoms with van der Waals surface area (Å²) >= 11 is 0. The Bertz CT molecular complexity index is 428. The van der Waals surface area contributed by atoms with Gasteiger partial charge in [0.25, 0.3) is 5.69 Å². The minimum Gasteiger partial charge on any atom is -0.383 e. The van der Waals surface area contributed by atoms with Crippen molar-refractivity contribution in [3.8, 4) is 0 Å². The molecule has 2 rings (SSSR count). The maximum atomic E-state index is 10.8. The molecule has 1 aliphatic heterocycles. The molecule has 18 heavy (non-hydrogen) atoms. The van der Waals surface area contributed by atoms with Gasteiger partial charge in [0, 0.05) is 19.7 Å². The summed E-state index contributed by atoms with van der Waals surface area (Å²) in [5.41, 5.74) is 1.86. The van der Waals surface area contributed by atoms with Gasteiger partial charge in [0.1, 0.15) is 5.69 Å². The first-order valence-corrected chi connectivity index (χ1v) is 6.38. The fourth-order valence-corrected chi connectivity index (χ4v) is 2.42. The number of nitrogens with one attached hydrogen (secondary N) is 1. The van der Waals surface area contributed by atoms with Crippen LogP contribution in [0.2, 0.25) is 0 Å². The summed E-state index contributed by atoms with van der Waals surface area (Å²) in [6.07, 6.45) is 3.83. The van der Waals surface area contributed by atoms with Gasteiger partial charge in [-0.2, -0.15) is 0 Å². The van der Waals surface area contributed by atoms with Gasteiger partial charge in [-0.05, 0) is 37.6 Å². The summed E-state index contributed by atoms with van der Waals surface area (Å²) in [4.78, 5) is 12.9. The smallest absolute Gasteiger partial charge is 0.292 e. The van der Waals surface area contributed by atoms with Gasteiger partial charge in [-0.1, -0.05) is 12.5 Å². The molecule has 1 saturated heterocycles. The van der Waals surface area contributed by atoms with Crippen LogP contribution in [0.25, 0.3) is 0 Å². The largest absolute Gasteiger partial charge is 0.383 e. The lowest BCUT2D eigenvalue weighted by molar-refractivity contribution is -0.384. The lowest BCUT2D eigenvalue weighted by atomic mass is 10.1. The molecular formula is C13H19N3O2. The number of hydrogen-bond acceptors (Lipinski definition) is 4. The van der Waals surface area contributed by atoms with Crippen molar-refractivity contribution in [2.75, 3.05) is 25.5 Å². The molecule has 0 aliphatic carbocycles. The minimum atomic E-state index is -0.351. The molecule has 0 saturated carbocycles. The van der Waals surface area contributed by atoms with Crippen LogP contribution in [0.5, 0.6) is 0 Å². The quantitative estimate of drug-likeness (QED) is 0.658. The average Bonchev–Trinajstić information content (AvgIpc) is 2.39. The molecule has 5 nitrogen and oxygen atoms in total. The van der Waals surface area contributed by atoms with Crippen LogP contribution >= 0.6 is 0 Å². The molecule has 98 valence electrons. The van der Waals surface area contributed by atoms with Gasteiger partial charge < -0.3 is 5.32 Å². The van der Waals surface area contributed by atoms with E-state index in [0.717, 1.165) is 25.2 Å². The van der Waals surface area contributed by atoms with E-state index in [4.69, 9.17) is 0 Å². The lowest BCUT2D eigenvalue weighted by Gasteiger charge is -2.26. The van der Waals surface area contributed by atoms with Crippen molar-refractivity contribution in [3.63, 3.8) is 0 Å². The summed E-state index contributed by atoms with van der Waals surface area (Å²) in [5, 5.41) is 13.7. The molecule has 0 radical (unpaired) electrons. The van der Waals surface area contributed by atoms with Gasteiger partial charge in [-0.15, -0.1) is 0 Å². The number of likely N-dealkylation sites (tertiary alicyclic amines) is 1. The Morgan fingerprint density at radius 2 is 2.06 bits per heavy atom. The number of hydrogen-bond donors (Lipinski definition) is 1. The molecule has 0 atom stereocenters. The van der Waals surface area contributed by atoms with Crippen LogP contribution in [0.3, 0.4) is 0 Å². The number of nitrogens with zero attached hydrogens (tertiary/aromatic N) is 2. The molecular weight excluding hydrogens is 230 g/mol. The van der Waals surface area contributed by atoms with E-state index in [2.05, 4.69) is 10.2 Å². The van der Waals surface area contributed by atoms with E-state index in [0.29, 0.717) is 5.69 Å². The second-order valence-electron chi connectivity index (χ2n) is 4.70. The van der Waals surface area contributed by atoms with E-state index >= 15 is 0 Å². The van der Waals surface area contributed by atoms with Gasteiger partial charge in [0.05, 0.1) is 4.92 Å². The molecule has 5 heteroatoms. The lowest BCUT2D eigenvalue weighted by Crippen LogP contribution is -2.29. The second kappa shape index (κ2) is 5.82. The standard InChI is InChI=1S/C13H19N3O2/c1-14-12-9-11(5-6-13(12)16(17)18)10-15-7-3-2-4-8-15/h5-6,9,14H,2-4,7-8,10H2,1H3. The van der Waals surface area contributed by atoms with E-state index < -0.39 is 0 Å². The molecule has 0 aromatic heterocycles. The fourth-order valence-electron chi connectivity index (χ4n) is 2.42. The Balaban J connectivity index is 2.11. The Morgan fingerprint density at radius 3 is 2.67 bits per heavy atom. The van der Waals surface area contributed by atoms with Crippen LogP contribution in [0.4, 0.5) is 11.4 Å². The molecule has 1 aromatic carbocycles. The summed E-state index contributed by atoms with van der Waals surface area (Å²) in [5.74, 6) is 0. The number of rotatable bonds is 4. The third-order valence-electron chi connectivity index (χ3n) is 3.38. The summed E-state index contributed by atoms with van der Waals surface area (Å²) < 4.78 is 0. The summed E-state index contributed by atoms with van der Waals surface area (Å²) in [6, 6.07) is 5.32. The monoisotopic (exact) mass is 249 g/mol. The molecule has 0 unspecified atom stereocenters. The topological polar surface area (TPSA) is 58.4 Å². The zero-order chi connectivity index (χ0) is 13.0. The SMILES string of the molecule is CNc1cc(CN2CCCCC2)ccc1[N+](=O)[O-]. The van der Waals surface area contributed by atoms with E-state index in [1.54, 1.807) is 13.1 Å². The molecule has 0 amide bonds. The first-order valence-electron chi connectivity index (χ1n) is 6.38. The predicted molar refractivity (Wildman–Crippen MR) is 71.8 cm³/mol. The van der Waals surface area contributed by atoms with Crippen molar-refractivity contribution in [2.45, 2.75) is 25.8 Å². The van der Waals surface area contributed by atoms with Crippen molar-refractivity contribution in [2.24, 2.45) is 0 Å². The van der Waals surface area contributed by atoms with E-state index in [9.17, 15) is 10.1 Å². The third-order valence-corrected chi connectivity index (χ3v) is 3.38. The number of piperidine rings is 1. The Hall–Kier alpha value is -1.62. The van der Waals surface area contributed by atoms with Crippen LogP contribution in [-0.4, -0.2) is 30.0 Å². The normalized spacial score (nSPS) is 16.5. The zero-order valence-electron chi connectivity index (χ0n) is 10.7. The number of benzene rings is 1. The third kappa shape index (κ3) is 2.98. The van der Waals surface area contributed by atoms with Gasteiger partial charge in [0.2, 0.25) is 0 Å². The van der Waals surface area contributed by atoms with Crippen LogP contribution in [0, 0.1) is 10.1 Å². The van der Waals surface area contributed by atoms with Crippen molar-refractivity contribution in [1.29, 1.82) is 0 Å². The van der Waals surface area contributed by atoms with Crippen molar-refractivity contribution in [1.82, 2.24) is 4.90 Å². The molecule has 1 N–H and O–H groups in total. The van der Waals surface area contributed by atoms with Gasteiger partial charge >= 0.3 is 0 Å². The highest BCUT2D eigenvalue weighted by Crippen LogP contribution is 2.26. The second-order valence-corrected chi connectivity index (χ2v) is 4.70. The molecule has 1 heterocycles. The Morgan fingerprint density at radius 1 is 1.33 bits per heavy atom. The van der Waals surface area contributed by atoms with Crippen molar-refractivity contribution in [3.05, 3.63) is 33.9 Å². The number of anilines is 1. The van der Waals surface area contributed by atoms with E-state index in [1.165, 1.54) is 19.3 Å². The number of nitro benzene ring substituents is 1. The first kappa shape index (κ1) is 12.8. The Kier molecular flexibility index (Phi) is 4.15. The summed E-state index contributed by atoms with van der Waals surface area (Å²) in [7, 11) is 1.72. The zero-order valence-corrected chi connectivity index (χ0v) is 10.7. The Labute approximate surface area is 107 Å². The van der Waals surface area contributed by atoms with Gasteiger partial charge in [-0.3, -0.25) is 15.0 Å². The fraction of sp³-hybridized carbons (Fsp3) is 0.538. The van der Waals surface area contributed by atoms with Crippen LogP contribution in [0.1, 0.15) is 24.8 Å². The highest BCUT2D eigenvalue weighted by molar-refractivity contribution is 5.62. The van der Waals surface area contributed by atoms with Crippen molar-refractivity contribution >= 4 is 11.4 Å². The van der Waals surface area contributed by atoms with E-state index in [-0.39, 0.29) is 10.6 Å². The molecule has 0 bridgehead atoms. The van der Waals surface area contributed by atoms with Gasteiger partial charge in [0.15, 0.2) is 0 Å². The minimum absolute atomic E-state index is 0.139. The first-order chi connectivity index (χ1) is 8.70. The molecule has 0 spiro atoms. The molecule has 1 aliphatic rings. The predicted octanol–water partition coefficient (Wildman–Crippen LogP) is 2.62. The van der Waals surface area contributed by atoms with Crippen LogP contribution < -0.4 is 5.32 Å². The van der Waals surface area contributed by atoms with E-state index in [1.807, 2.05) is 12.1 Å². The number of nitro groups is 1. The average molecular weight is 249 g/mol. The van der Waals surface area contributed by atoms with Gasteiger partial charge in [-0.25, -0.2) is 0 Å². The van der Waals surface area contributed by atoms with Crippen LogP contribution in [-0.2, 0) is 6.54 Å². The molecule has 1 fully saturated rings. The van der Waals surface area contributed by atoms with Crippen molar-refractivity contribution < 1.29 is 4.92 Å². The molecule has 1 aromatic rings. The maximum Gasteiger partial charge on any atom is 0.292 e. The highest BCUT2D eigenvalue weighted by atomic mass is 16.6. The summed E-state index contributed by atoms with van der Waals surface area (Å²) in [6.45, 7) is 3.14.